The summed E-state index contributed by atoms with van der Waals surface area (Å²) in [7, 11) is 0. The van der Waals surface area contributed by atoms with Crippen molar-refractivity contribution in [1.82, 2.24) is 20.6 Å². The number of hydrogen-bond donors (Lipinski definition) is 3. The summed E-state index contributed by atoms with van der Waals surface area (Å²) in [5.41, 5.74) is 4.03. The van der Waals surface area contributed by atoms with E-state index in [0.717, 1.165) is 80.7 Å². The molecule has 1 saturated heterocycles. The molecule has 1 aliphatic carbocycles. The molecule has 2 aliphatic heterocycles. The molecule has 3 N–H and O–H groups in total. The van der Waals surface area contributed by atoms with Crippen LogP contribution in [0.4, 0.5) is 16.3 Å². The van der Waals surface area contributed by atoms with Crippen molar-refractivity contribution in [2.24, 2.45) is 0 Å². The smallest absolute Gasteiger partial charge is 0.319 e. The number of nitrogens with zero attached hydrogens (tertiary/aromatic N) is 3. The fourth-order valence-electron chi connectivity index (χ4n) is 4.03. The first-order valence-corrected chi connectivity index (χ1v) is 10.8. The molecule has 8 nitrogen and oxygen atoms in total. The van der Waals surface area contributed by atoms with Crippen LogP contribution in [-0.4, -0.2) is 54.4 Å². The third kappa shape index (κ3) is 4.11. The zero-order valence-electron chi connectivity index (χ0n) is 17.3. The van der Waals surface area contributed by atoms with E-state index in [1.807, 2.05) is 24.3 Å². The molecule has 1 aromatic heterocycles. The Kier molecular flexibility index (Phi) is 5.26. The van der Waals surface area contributed by atoms with Crippen molar-refractivity contribution < 1.29 is 9.53 Å². The monoisotopic (exact) mass is 408 g/mol. The number of anilines is 2. The Balaban J connectivity index is 1.42. The Morgan fingerprint density at radius 1 is 1.23 bits per heavy atom. The van der Waals surface area contributed by atoms with Crippen LogP contribution in [0.15, 0.2) is 24.3 Å². The number of nitrogens with one attached hydrogen (secondary N) is 3. The van der Waals surface area contributed by atoms with Gasteiger partial charge in [-0.1, -0.05) is 0 Å². The van der Waals surface area contributed by atoms with Gasteiger partial charge in [0.2, 0.25) is 0 Å². The van der Waals surface area contributed by atoms with Crippen LogP contribution in [0.3, 0.4) is 0 Å². The summed E-state index contributed by atoms with van der Waals surface area (Å²) in [6.07, 6.45) is 3.08. The molecule has 1 saturated carbocycles. The van der Waals surface area contributed by atoms with E-state index in [9.17, 15) is 4.79 Å². The Morgan fingerprint density at radius 2 is 2.07 bits per heavy atom. The van der Waals surface area contributed by atoms with Gasteiger partial charge in [-0.15, -0.1) is 0 Å². The van der Waals surface area contributed by atoms with Crippen LogP contribution in [0.1, 0.15) is 31.0 Å². The zero-order valence-corrected chi connectivity index (χ0v) is 17.3. The number of aromatic nitrogens is 2. The van der Waals surface area contributed by atoms with E-state index in [1.54, 1.807) is 0 Å². The molecular formula is C22H28N6O2. The number of amides is 2. The summed E-state index contributed by atoms with van der Waals surface area (Å²) < 4.78 is 5.63. The van der Waals surface area contributed by atoms with Gasteiger partial charge in [0.1, 0.15) is 5.82 Å². The van der Waals surface area contributed by atoms with Crippen LogP contribution in [0.25, 0.3) is 11.4 Å². The van der Waals surface area contributed by atoms with Crippen molar-refractivity contribution in [1.29, 1.82) is 0 Å². The molecule has 0 bridgehead atoms. The van der Waals surface area contributed by atoms with E-state index in [-0.39, 0.29) is 12.1 Å². The van der Waals surface area contributed by atoms with Gasteiger partial charge in [0, 0.05) is 35.9 Å². The van der Waals surface area contributed by atoms with Crippen molar-refractivity contribution in [3.8, 4) is 11.4 Å². The number of urea groups is 1. The van der Waals surface area contributed by atoms with Crippen molar-refractivity contribution in [2.45, 2.75) is 44.8 Å². The molecule has 158 valence electrons. The van der Waals surface area contributed by atoms with Gasteiger partial charge >= 0.3 is 6.03 Å². The molecule has 30 heavy (non-hydrogen) atoms. The Bertz CT molecular complexity index is 928. The van der Waals surface area contributed by atoms with Crippen molar-refractivity contribution in [3.63, 3.8) is 0 Å². The zero-order chi connectivity index (χ0) is 20.5. The lowest BCUT2D eigenvalue weighted by atomic mass is 10.0. The number of ether oxygens (including phenoxy) is 1. The normalized spacial score (nSPS) is 21.1. The predicted octanol–water partition coefficient (Wildman–Crippen LogP) is 2.30. The first-order chi connectivity index (χ1) is 14.7. The van der Waals surface area contributed by atoms with E-state index in [0.29, 0.717) is 6.04 Å². The number of rotatable bonds is 4. The molecule has 1 atom stereocenters. The third-order valence-electron chi connectivity index (χ3n) is 5.87. The van der Waals surface area contributed by atoms with E-state index in [4.69, 9.17) is 14.7 Å². The summed E-state index contributed by atoms with van der Waals surface area (Å²) >= 11 is 0. The highest BCUT2D eigenvalue weighted by atomic mass is 16.5. The number of carbonyl (C=O) groups excluding carboxylic acids is 1. The lowest BCUT2D eigenvalue weighted by Crippen LogP contribution is -2.45. The molecule has 0 unspecified atom stereocenters. The topological polar surface area (TPSA) is 91.4 Å². The minimum atomic E-state index is -0.148. The summed E-state index contributed by atoms with van der Waals surface area (Å²) in [4.78, 5) is 24.2. The third-order valence-corrected chi connectivity index (χ3v) is 5.87. The van der Waals surface area contributed by atoms with E-state index >= 15 is 0 Å². The lowest BCUT2D eigenvalue weighted by Gasteiger charge is -2.36. The van der Waals surface area contributed by atoms with Crippen LogP contribution < -0.4 is 20.9 Å². The standard InChI is InChI=1S/C22H28N6O2/c1-14-13-30-11-10-28(14)21-18-8-9-23-12-19(18)26-20(27-21)15-2-4-16(5-3-15)24-22(29)25-17-6-7-17/h2-5,14,17,23H,6-13H2,1H3,(H2,24,25,29)/t14-/m0/s1. The van der Waals surface area contributed by atoms with Gasteiger partial charge in [0.25, 0.3) is 0 Å². The second-order valence-corrected chi connectivity index (χ2v) is 8.29. The molecule has 3 aliphatic rings. The average Bonchev–Trinajstić information content (AvgIpc) is 3.58. The minimum Gasteiger partial charge on any atom is -0.377 e. The number of morpholine rings is 1. The Morgan fingerprint density at radius 3 is 2.83 bits per heavy atom. The molecule has 5 rings (SSSR count). The van der Waals surface area contributed by atoms with Crippen LogP contribution >= 0.6 is 0 Å². The van der Waals surface area contributed by atoms with Gasteiger partial charge in [0.15, 0.2) is 5.82 Å². The van der Waals surface area contributed by atoms with Gasteiger partial charge in [-0.2, -0.15) is 0 Å². The lowest BCUT2D eigenvalue weighted by molar-refractivity contribution is 0.0984. The Hall–Kier alpha value is -2.71. The number of benzene rings is 1. The maximum Gasteiger partial charge on any atom is 0.319 e. The quantitative estimate of drug-likeness (QED) is 0.719. The van der Waals surface area contributed by atoms with Gasteiger partial charge in [-0.05, 0) is 57.0 Å². The van der Waals surface area contributed by atoms with Gasteiger partial charge < -0.3 is 25.6 Å². The first kappa shape index (κ1) is 19.3. The molecule has 0 radical (unpaired) electrons. The fourth-order valence-corrected chi connectivity index (χ4v) is 4.03. The number of fused-ring (bicyclic) bond motifs is 1. The molecule has 2 amide bonds. The molecule has 2 aromatic rings. The SMILES string of the molecule is C[C@H]1COCCN1c1nc(-c2ccc(NC(=O)NC3CC3)cc2)nc2c1CCNC2. The first-order valence-electron chi connectivity index (χ1n) is 10.8. The van der Waals surface area contributed by atoms with Gasteiger partial charge in [0.05, 0.1) is 24.9 Å². The molecule has 1 aromatic carbocycles. The average molecular weight is 409 g/mol. The van der Waals surface area contributed by atoms with Crippen LogP contribution in [0.5, 0.6) is 0 Å². The van der Waals surface area contributed by atoms with Crippen LogP contribution in [0, 0.1) is 0 Å². The van der Waals surface area contributed by atoms with Gasteiger partial charge in [-0.3, -0.25) is 0 Å². The molecule has 3 heterocycles. The second-order valence-electron chi connectivity index (χ2n) is 8.29. The van der Waals surface area contributed by atoms with Gasteiger partial charge in [-0.25, -0.2) is 14.8 Å². The highest BCUT2D eigenvalue weighted by Gasteiger charge is 2.27. The number of hydrogen-bond acceptors (Lipinski definition) is 6. The molecule has 2 fully saturated rings. The van der Waals surface area contributed by atoms with Crippen molar-refractivity contribution >= 4 is 17.5 Å². The molecule has 8 heteroatoms. The summed E-state index contributed by atoms with van der Waals surface area (Å²) in [5.74, 6) is 1.76. The summed E-state index contributed by atoms with van der Waals surface area (Å²) in [6, 6.07) is 8.22. The summed E-state index contributed by atoms with van der Waals surface area (Å²) in [6.45, 7) is 6.18. The predicted molar refractivity (Wildman–Crippen MR) is 116 cm³/mol. The fraction of sp³-hybridized carbons (Fsp3) is 0.500. The highest BCUT2D eigenvalue weighted by molar-refractivity contribution is 5.89. The Labute approximate surface area is 176 Å². The second kappa shape index (κ2) is 8.20. The van der Waals surface area contributed by atoms with E-state index < -0.39 is 0 Å². The maximum absolute atomic E-state index is 12.0. The molecular weight excluding hydrogens is 380 g/mol. The number of carbonyl (C=O) groups is 1. The van der Waals surface area contributed by atoms with E-state index in [2.05, 4.69) is 27.8 Å². The maximum atomic E-state index is 12.0. The minimum absolute atomic E-state index is 0.148. The van der Waals surface area contributed by atoms with Crippen molar-refractivity contribution in [3.05, 3.63) is 35.5 Å². The van der Waals surface area contributed by atoms with Crippen LogP contribution in [-0.2, 0) is 17.7 Å². The van der Waals surface area contributed by atoms with Crippen LogP contribution in [0.2, 0.25) is 0 Å². The molecule has 0 spiro atoms. The van der Waals surface area contributed by atoms with E-state index in [1.165, 1.54) is 5.56 Å². The van der Waals surface area contributed by atoms with Crippen molar-refractivity contribution in [2.75, 3.05) is 36.5 Å². The largest absolute Gasteiger partial charge is 0.377 e. The summed E-state index contributed by atoms with van der Waals surface area (Å²) in [5, 5.41) is 9.25. The highest BCUT2D eigenvalue weighted by Crippen LogP contribution is 2.30.